The molecule has 3 rings (SSSR count). The molecule has 0 saturated carbocycles. The van der Waals surface area contributed by atoms with Crippen LogP contribution in [-0.4, -0.2) is 48.6 Å². The lowest BCUT2D eigenvalue weighted by Crippen LogP contribution is -2.38. The van der Waals surface area contributed by atoms with Crippen LogP contribution in [0.3, 0.4) is 0 Å². The average molecular weight is 310 g/mol. The molecule has 6 heteroatoms. The van der Waals surface area contributed by atoms with Gasteiger partial charge in [0, 0.05) is 19.6 Å². The van der Waals surface area contributed by atoms with Gasteiger partial charge in [0.25, 0.3) is 0 Å². The van der Waals surface area contributed by atoms with Crippen molar-refractivity contribution >= 4 is 22.4 Å². The van der Waals surface area contributed by atoms with E-state index in [9.17, 15) is 0 Å². The molecule has 0 radical (unpaired) electrons. The van der Waals surface area contributed by atoms with Crippen molar-refractivity contribution < 1.29 is 4.74 Å². The number of aromatic nitrogens is 1. The average Bonchev–Trinajstić information content (AvgIpc) is 3.12. The predicted molar refractivity (Wildman–Crippen MR) is 88.3 cm³/mol. The van der Waals surface area contributed by atoms with Crippen molar-refractivity contribution in [2.45, 2.75) is 32.6 Å². The first-order valence-corrected chi connectivity index (χ1v) is 8.90. The summed E-state index contributed by atoms with van der Waals surface area (Å²) < 4.78 is 9.93. The van der Waals surface area contributed by atoms with Crippen molar-refractivity contribution in [3.8, 4) is 5.75 Å². The highest BCUT2D eigenvalue weighted by Crippen LogP contribution is 2.40. The van der Waals surface area contributed by atoms with E-state index in [-0.39, 0.29) is 0 Å². The Labute approximate surface area is 131 Å². The van der Waals surface area contributed by atoms with Crippen molar-refractivity contribution in [2.24, 2.45) is 5.92 Å². The summed E-state index contributed by atoms with van der Waals surface area (Å²) in [5.41, 5.74) is 5.91. The second kappa shape index (κ2) is 6.83. The maximum atomic E-state index is 5.91. The Bertz CT molecular complexity index is 451. The number of nitrogen functional groups attached to an aromatic ring is 1. The third-order valence-electron chi connectivity index (χ3n) is 4.56. The van der Waals surface area contributed by atoms with Crippen LogP contribution in [0.2, 0.25) is 0 Å². The van der Waals surface area contributed by atoms with Gasteiger partial charge < -0.3 is 20.3 Å². The zero-order valence-electron chi connectivity index (χ0n) is 12.9. The van der Waals surface area contributed by atoms with Crippen LogP contribution in [0.4, 0.5) is 10.8 Å². The van der Waals surface area contributed by atoms with Gasteiger partial charge in [0.05, 0.1) is 6.61 Å². The number of rotatable bonds is 5. The first-order valence-electron chi connectivity index (χ1n) is 8.13. The van der Waals surface area contributed by atoms with Gasteiger partial charge in [-0.05, 0) is 63.1 Å². The van der Waals surface area contributed by atoms with Crippen LogP contribution in [0.5, 0.6) is 5.75 Å². The summed E-state index contributed by atoms with van der Waals surface area (Å²) in [7, 11) is 0. The third-order valence-corrected chi connectivity index (χ3v) is 5.47. The summed E-state index contributed by atoms with van der Waals surface area (Å²) in [5, 5.41) is 1.12. The minimum Gasteiger partial charge on any atom is -0.487 e. The van der Waals surface area contributed by atoms with Crippen molar-refractivity contribution in [1.82, 2.24) is 9.27 Å². The molecule has 0 atom stereocenters. The number of nitrogens with zero attached hydrogens (tertiary/aromatic N) is 3. The van der Waals surface area contributed by atoms with Crippen LogP contribution in [-0.2, 0) is 0 Å². The van der Waals surface area contributed by atoms with Crippen molar-refractivity contribution in [2.75, 3.05) is 50.0 Å². The summed E-state index contributed by atoms with van der Waals surface area (Å²) >= 11 is 1.47. The number of likely N-dealkylation sites (tertiary alicyclic amines) is 1. The van der Waals surface area contributed by atoms with Gasteiger partial charge in [-0.15, -0.1) is 0 Å². The maximum Gasteiger partial charge on any atom is 0.197 e. The van der Waals surface area contributed by atoms with Gasteiger partial charge in [-0.2, -0.15) is 4.37 Å². The molecule has 0 aliphatic carbocycles. The fourth-order valence-electron chi connectivity index (χ4n) is 3.42. The second-order valence-corrected chi connectivity index (χ2v) is 6.83. The minimum atomic E-state index is 0.538. The number of hydrogen-bond donors (Lipinski definition) is 1. The molecule has 1 aromatic rings. The molecule has 2 aliphatic rings. The molecule has 1 aromatic heterocycles. The van der Waals surface area contributed by atoms with E-state index in [2.05, 4.69) is 14.2 Å². The van der Waals surface area contributed by atoms with Crippen molar-refractivity contribution in [3.05, 3.63) is 0 Å². The molecule has 3 heterocycles. The van der Waals surface area contributed by atoms with Crippen molar-refractivity contribution in [3.63, 3.8) is 0 Å². The Kier molecular flexibility index (Phi) is 4.85. The molecular formula is C15H26N4OS. The van der Waals surface area contributed by atoms with Gasteiger partial charge in [0.1, 0.15) is 0 Å². The first kappa shape index (κ1) is 14.9. The summed E-state index contributed by atoms with van der Waals surface area (Å²) in [5.74, 6) is 2.18. The lowest BCUT2D eigenvalue weighted by molar-refractivity contribution is 0.249. The van der Waals surface area contributed by atoms with Crippen molar-refractivity contribution in [1.29, 1.82) is 0 Å². The molecule has 5 nitrogen and oxygen atoms in total. The van der Waals surface area contributed by atoms with Gasteiger partial charge >= 0.3 is 0 Å². The fraction of sp³-hybridized carbons (Fsp3) is 0.800. The molecular weight excluding hydrogens is 284 g/mol. The van der Waals surface area contributed by atoms with Gasteiger partial charge in [-0.1, -0.05) is 0 Å². The topological polar surface area (TPSA) is 54.6 Å². The number of ether oxygens (including phenoxy) is 1. The molecule has 2 fully saturated rings. The van der Waals surface area contributed by atoms with Crippen LogP contribution in [0.25, 0.3) is 0 Å². The van der Waals surface area contributed by atoms with Gasteiger partial charge in [0.2, 0.25) is 0 Å². The third kappa shape index (κ3) is 3.43. The van der Waals surface area contributed by atoms with E-state index in [0.29, 0.717) is 12.4 Å². The Balaban J connectivity index is 1.55. The van der Waals surface area contributed by atoms with E-state index in [4.69, 9.17) is 10.5 Å². The molecule has 0 unspecified atom stereocenters. The normalized spacial score (nSPS) is 21.1. The number of anilines is 2. The largest absolute Gasteiger partial charge is 0.487 e. The molecule has 2 aliphatic heterocycles. The van der Waals surface area contributed by atoms with E-state index in [1.807, 2.05) is 6.92 Å². The summed E-state index contributed by atoms with van der Waals surface area (Å²) in [6.07, 6.45) is 5.30. The minimum absolute atomic E-state index is 0.538. The highest BCUT2D eigenvalue weighted by Gasteiger charge is 2.26. The second-order valence-electron chi connectivity index (χ2n) is 6.07. The number of hydrogen-bond acceptors (Lipinski definition) is 6. The number of nitrogens with two attached hydrogens (primary N) is 1. The molecule has 0 spiro atoms. The van der Waals surface area contributed by atoms with Gasteiger partial charge in [-0.25, -0.2) is 0 Å². The predicted octanol–water partition coefficient (Wildman–Crippen LogP) is 2.44. The smallest absolute Gasteiger partial charge is 0.197 e. The highest BCUT2D eigenvalue weighted by molar-refractivity contribution is 7.11. The van der Waals surface area contributed by atoms with Crippen LogP contribution in [0, 0.1) is 5.92 Å². The van der Waals surface area contributed by atoms with Crippen LogP contribution >= 0.6 is 11.5 Å². The molecule has 2 saturated heterocycles. The molecule has 0 amide bonds. The van der Waals surface area contributed by atoms with Crippen LogP contribution in [0.1, 0.15) is 32.6 Å². The van der Waals surface area contributed by atoms with E-state index < -0.39 is 0 Å². The van der Waals surface area contributed by atoms with Crippen LogP contribution in [0.15, 0.2) is 0 Å². The van der Waals surface area contributed by atoms with E-state index in [1.54, 1.807) is 0 Å². The lowest BCUT2D eigenvalue weighted by atomic mass is 9.96. The van der Waals surface area contributed by atoms with E-state index in [1.165, 1.54) is 56.9 Å². The molecule has 2 N–H and O–H groups in total. The van der Waals surface area contributed by atoms with Gasteiger partial charge in [0.15, 0.2) is 16.6 Å². The first-order chi connectivity index (χ1) is 10.3. The Morgan fingerprint density at radius 3 is 2.62 bits per heavy atom. The zero-order chi connectivity index (χ0) is 14.7. The summed E-state index contributed by atoms with van der Waals surface area (Å²) in [6, 6.07) is 0. The Morgan fingerprint density at radius 2 is 1.95 bits per heavy atom. The van der Waals surface area contributed by atoms with Gasteiger partial charge in [-0.3, -0.25) is 0 Å². The maximum absolute atomic E-state index is 5.91. The lowest BCUT2D eigenvalue weighted by Gasteiger charge is -2.34. The quantitative estimate of drug-likeness (QED) is 0.905. The number of piperidine rings is 1. The molecule has 118 valence electrons. The highest BCUT2D eigenvalue weighted by atomic mass is 32.1. The molecule has 0 aromatic carbocycles. The Hall–Kier alpha value is -1.01. The standard InChI is InChI=1S/C15H26N4OS/c1-2-20-13-14(16)17-21-15(13)19-9-5-12(6-10-19)11-18-7-3-4-8-18/h12H,2-11H2,1H3,(H2,16,17). The zero-order valence-corrected chi connectivity index (χ0v) is 13.7. The van der Waals surface area contributed by atoms with E-state index in [0.717, 1.165) is 29.8 Å². The molecule has 0 bridgehead atoms. The monoisotopic (exact) mass is 310 g/mol. The summed E-state index contributed by atoms with van der Waals surface area (Å²) in [4.78, 5) is 5.04. The van der Waals surface area contributed by atoms with Crippen LogP contribution < -0.4 is 15.4 Å². The SMILES string of the molecule is CCOc1c(N)nsc1N1CCC(CN2CCCC2)CC1. The Morgan fingerprint density at radius 1 is 1.24 bits per heavy atom. The fourth-order valence-corrected chi connectivity index (χ4v) is 4.23. The summed E-state index contributed by atoms with van der Waals surface area (Å²) in [6.45, 7) is 8.72. The molecule has 21 heavy (non-hydrogen) atoms. The van der Waals surface area contributed by atoms with E-state index >= 15 is 0 Å².